The summed E-state index contributed by atoms with van der Waals surface area (Å²) in [6.07, 6.45) is 6.57. The summed E-state index contributed by atoms with van der Waals surface area (Å²) in [5.41, 5.74) is 7.49. The summed E-state index contributed by atoms with van der Waals surface area (Å²) in [5, 5.41) is 0.824. The largest absolute Gasteiger partial charge is 0.324 e. The molecule has 0 saturated heterocycles. The fourth-order valence-corrected chi connectivity index (χ4v) is 3.74. The van der Waals surface area contributed by atoms with Crippen molar-refractivity contribution in [2.75, 3.05) is 0 Å². The molecule has 0 spiro atoms. The van der Waals surface area contributed by atoms with Gasteiger partial charge in [0.15, 0.2) is 0 Å². The highest BCUT2D eigenvalue weighted by atomic mass is 32.2. The Kier molecular flexibility index (Phi) is 4.30. The first-order valence-corrected chi connectivity index (χ1v) is 7.20. The molecule has 0 radical (unpaired) electrons. The van der Waals surface area contributed by atoms with Crippen LogP contribution < -0.4 is 5.73 Å². The van der Waals surface area contributed by atoms with E-state index in [0.29, 0.717) is 0 Å². The van der Waals surface area contributed by atoms with E-state index in [4.69, 9.17) is 5.73 Å². The van der Waals surface area contributed by atoms with Crippen LogP contribution in [-0.2, 0) is 0 Å². The first-order valence-electron chi connectivity index (χ1n) is 6.32. The van der Waals surface area contributed by atoms with Gasteiger partial charge in [0.2, 0.25) is 0 Å². The molecule has 1 aromatic carbocycles. The van der Waals surface area contributed by atoms with Gasteiger partial charge in [-0.3, -0.25) is 0 Å². The first kappa shape index (κ1) is 12.0. The lowest BCUT2D eigenvalue weighted by Crippen LogP contribution is -2.10. The Hall–Kier alpha value is -0.470. The molecule has 1 saturated carbocycles. The lowest BCUT2D eigenvalue weighted by atomic mass is 10.1. The first-order chi connectivity index (χ1) is 7.81. The number of hydrogen-bond donors (Lipinski definition) is 1. The predicted molar refractivity (Wildman–Crippen MR) is 71.8 cm³/mol. The third-order valence-corrected chi connectivity index (χ3v) is 4.78. The summed E-state index contributed by atoms with van der Waals surface area (Å²) in [6.45, 7) is 2.15. The molecule has 1 nitrogen and oxygen atoms in total. The van der Waals surface area contributed by atoms with Gasteiger partial charge in [-0.15, -0.1) is 11.8 Å². The van der Waals surface area contributed by atoms with E-state index in [1.807, 2.05) is 11.8 Å². The van der Waals surface area contributed by atoms with Crippen molar-refractivity contribution in [1.82, 2.24) is 0 Å². The number of nitrogens with two attached hydrogens (primary N) is 1. The average molecular weight is 235 g/mol. The van der Waals surface area contributed by atoms with Gasteiger partial charge in [0, 0.05) is 16.2 Å². The third-order valence-electron chi connectivity index (χ3n) is 3.35. The van der Waals surface area contributed by atoms with Crippen LogP contribution in [0.1, 0.15) is 50.6 Å². The molecular formula is C14H21NS. The van der Waals surface area contributed by atoms with Crippen LogP contribution in [0.5, 0.6) is 0 Å². The Morgan fingerprint density at radius 2 is 2.00 bits per heavy atom. The van der Waals surface area contributed by atoms with Crippen molar-refractivity contribution in [3.63, 3.8) is 0 Å². The SMILES string of the molecule is CC[C@H](N)c1ccccc1SC1CCCC1. The minimum atomic E-state index is 0.199. The van der Waals surface area contributed by atoms with E-state index in [1.54, 1.807) is 0 Å². The van der Waals surface area contributed by atoms with Crippen LogP contribution in [0.15, 0.2) is 29.2 Å². The molecule has 0 bridgehead atoms. The number of thioether (sulfide) groups is 1. The molecule has 1 aromatic rings. The molecule has 0 heterocycles. The maximum absolute atomic E-state index is 6.16. The van der Waals surface area contributed by atoms with E-state index >= 15 is 0 Å². The molecule has 0 aromatic heterocycles. The zero-order valence-corrected chi connectivity index (χ0v) is 10.8. The fourth-order valence-electron chi connectivity index (χ4n) is 2.30. The Morgan fingerprint density at radius 1 is 1.31 bits per heavy atom. The lowest BCUT2D eigenvalue weighted by molar-refractivity contribution is 0.685. The third kappa shape index (κ3) is 2.80. The molecule has 1 aliphatic carbocycles. The van der Waals surface area contributed by atoms with E-state index in [2.05, 4.69) is 31.2 Å². The molecule has 2 heteroatoms. The smallest absolute Gasteiger partial charge is 0.0303 e. The van der Waals surface area contributed by atoms with Crippen LogP contribution in [0.2, 0.25) is 0 Å². The fraction of sp³-hybridized carbons (Fsp3) is 0.571. The van der Waals surface area contributed by atoms with Gasteiger partial charge < -0.3 is 5.73 Å². The van der Waals surface area contributed by atoms with Crippen LogP contribution in [0.4, 0.5) is 0 Å². The monoisotopic (exact) mass is 235 g/mol. The van der Waals surface area contributed by atoms with Crippen LogP contribution in [0.25, 0.3) is 0 Å². The summed E-state index contributed by atoms with van der Waals surface area (Å²) < 4.78 is 0. The molecule has 0 unspecified atom stereocenters. The second kappa shape index (κ2) is 5.74. The molecule has 0 aliphatic heterocycles. The molecule has 2 rings (SSSR count). The van der Waals surface area contributed by atoms with Crippen LogP contribution in [-0.4, -0.2) is 5.25 Å². The highest BCUT2D eigenvalue weighted by molar-refractivity contribution is 8.00. The second-order valence-corrected chi connectivity index (χ2v) is 5.92. The van der Waals surface area contributed by atoms with Crippen molar-refractivity contribution < 1.29 is 0 Å². The van der Waals surface area contributed by atoms with Crippen molar-refractivity contribution >= 4 is 11.8 Å². The molecule has 16 heavy (non-hydrogen) atoms. The zero-order valence-electron chi connectivity index (χ0n) is 9.99. The van der Waals surface area contributed by atoms with Crippen molar-refractivity contribution in [2.24, 2.45) is 5.73 Å². The van der Waals surface area contributed by atoms with E-state index < -0.39 is 0 Å². The molecular weight excluding hydrogens is 214 g/mol. The maximum Gasteiger partial charge on any atom is 0.0303 e. The van der Waals surface area contributed by atoms with Gasteiger partial charge in [-0.05, 0) is 30.9 Å². The molecule has 1 atom stereocenters. The number of hydrogen-bond acceptors (Lipinski definition) is 2. The minimum Gasteiger partial charge on any atom is -0.324 e. The normalized spacial score (nSPS) is 18.9. The van der Waals surface area contributed by atoms with E-state index in [9.17, 15) is 0 Å². The quantitative estimate of drug-likeness (QED) is 0.849. The molecule has 88 valence electrons. The van der Waals surface area contributed by atoms with Gasteiger partial charge in [0.05, 0.1) is 0 Å². The van der Waals surface area contributed by atoms with Crippen molar-refractivity contribution in [3.8, 4) is 0 Å². The van der Waals surface area contributed by atoms with Gasteiger partial charge in [-0.25, -0.2) is 0 Å². The maximum atomic E-state index is 6.16. The Balaban J connectivity index is 2.12. The summed E-state index contributed by atoms with van der Waals surface area (Å²) in [6, 6.07) is 8.84. The summed E-state index contributed by atoms with van der Waals surface area (Å²) >= 11 is 2.04. The summed E-state index contributed by atoms with van der Waals surface area (Å²) in [5.74, 6) is 0. The topological polar surface area (TPSA) is 26.0 Å². The predicted octanol–water partition coefficient (Wildman–Crippen LogP) is 4.13. The molecule has 1 fully saturated rings. The highest BCUT2D eigenvalue weighted by Gasteiger charge is 2.18. The van der Waals surface area contributed by atoms with E-state index in [-0.39, 0.29) is 6.04 Å². The van der Waals surface area contributed by atoms with Crippen LogP contribution in [0.3, 0.4) is 0 Å². The van der Waals surface area contributed by atoms with Gasteiger partial charge >= 0.3 is 0 Å². The Morgan fingerprint density at radius 3 is 2.69 bits per heavy atom. The van der Waals surface area contributed by atoms with Gasteiger partial charge in [0.1, 0.15) is 0 Å². The number of rotatable bonds is 4. The molecule has 0 amide bonds. The highest BCUT2D eigenvalue weighted by Crippen LogP contribution is 2.37. The van der Waals surface area contributed by atoms with E-state index in [0.717, 1.165) is 11.7 Å². The van der Waals surface area contributed by atoms with Crippen molar-refractivity contribution in [3.05, 3.63) is 29.8 Å². The van der Waals surface area contributed by atoms with Crippen LogP contribution in [0, 0.1) is 0 Å². The molecule has 1 aliphatic rings. The van der Waals surface area contributed by atoms with Crippen molar-refractivity contribution in [1.29, 1.82) is 0 Å². The average Bonchev–Trinajstić information content (AvgIpc) is 2.82. The minimum absolute atomic E-state index is 0.199. The zero-order chi connectivity index (χ0) is 11.4. The summed E-state index contributed by atoms with van der Waals surface area (Å²) in [4.78, 5) is 1.41. The summed E-state index contributed by atoms with van der Waals surface area (Å²) in [7, 11) is 0. The lowest BCUT2D eigenvalue weighted by Gasteiger charge is -2.16. The Bertz CT molecular complexity index is 331. The second-order valence-electron chi connectivity index (χ2n) is 4.58. The van der Waals surface area contributed by atoms with Gasteiger partial charge in [-0.2, -0.15) is 0 Å². The van der Waals surface area contributed by atoms with Gasteiger partial charge in [-0.1, -0.05) is 38.0 Å². The van der Waals surface area contributed by atoms with Crippen LogP contribution >= 0.6 is 11.8 Å². The standard InChI is InChI=1S/C14H21NS/c1-2-13(15)12-9-5-6-10-14(12)16-11-7-3-4-8-11/h5-6,9-11,13H,2-4,7-8,15H2,1H3/t13-/m0/s1. The van der Waals surface area contributed by atoms with E-state index in [1.165, 1.54) is 36.1 Å². The molecule has 2 N–H and O–H groups in total. The Labute approximate surface area is 103 Å². The van der Waals surface area contributed by atoms with Crippen molar-refractivity contribution in [2.45, 2.75) is 55.2 Å². The number of benzene rings is 1. The van der Waals surface area contributed by atoms with Gasteiger partial charge in [0.25, 0.3) is 0 Å².